The molecule has 0 heterocycles. The molecule has 0 amide bonds. The molecule has 0 bridgehead atoms. The van der Waals surface area contributed by atoms with Gasteiger partial charge in [-0.25, -0.2) is 0 Å². The third-order valence-electron chi connectivity index (χ3n) is 2.61. The maximum atomic E-state index is 5.91. The lowest BCUT2D eigenvalue weighted by Crippen LogP contribution is -2.05. The molecule has 1 aromatic carbocycles. The molecule has 1 atom stereocenters. The van der Waals surface area contributed by atoms with Crippen LogP contribution in [0.5, 0.6) is 0 Å². The molecule has 1 nitrogen and oxygen atoms in total. The van der Waals surface area contributed by atoms with Crippen molar-refractivity contribution >= 4 is 11.6 Å². The lowest BCUT2D eigenvalue weighted by atomic mass is 10.1. The summed E-state index contributed by atoms with van der Waals surface area (Å²) in [6.45, 7) is 5.22. The Morgan fingerprint density at radius 2 is 1.81 bits per heavy atom. The Morgan fingerprint density at radius 1 is 1.12 bits per heavy atom. The van der Waals surface area contributed by atoms with Crippen molar-refractivity contribution in [1.82, 2.24) is 0 Å². The van der Waals surface area contributed by atoms with Crippen molar-refractivity contribution in [2.75, 3.05) is 6.61 Å². The third-order valence-corrected chi connectivity index (χ3v) is 2.86. The van der Waals surface area contributed by atoms with Crippen LogP contribution >= 0.6 is 11.6 Å². The molecular weight excluding hydrogens is 220 g/mol. The molecule has 0 fully saturated rings. The second-order valence-electron chi connectivity index (χ2n) is 4.05. The van der Waals surface area contributed by atoms with Gasteiger partial charge >= 0.3 is 0 Å². The zero-order valence-electron chi connectivity index (χ0n) is 10.2. The van der Waals surface area contributed by atoms with Crippen molar-refractivity contribution < 1.29 is 4.74 Å². The Morgan fingerprint density at radius 3 is 2.38 bits per heavy atom. The summed E-state index contributed by atoms with van der Waals surface area (Å²) in [7, 11) is 0. The molecule has 0 aliphatic rings. The molecule has 2 heteroatoms. The van der Waals surface area contributed by atoms with Gasteiger partial charge in [0.15, 0.2) is 0 Å². The molecule has 90 valence electrons. The SMILES string of the molecule is CCCCOC(CCC)c1ccc(Cl)cc1. The highest BCUT2D eigenvalue weighted by Gasteiger charge is 2.10. The Bertz CT molecular complexity index is 281. The van der Waals surface area contributed by atoms with Crippen LogP contribution in [0.3, 0.4) is 0 Å². The minimum Gasteiger partial charge on any atom is -0.374 e. The second-order valence-corrected chi connectivity index (χ2v) is 4.49. The molecule has 16 heavy (non-hydrogen) atoms. The normalized spacial score (nSPS) is 12.7. The number of hydrogen-bond donors (Lipinski definition) is 0. The summed E-state index contributed by atoms with van der Waals surface area (Å²) < 4.78 is 5.91. The highest BCUT2D eigenvalue weighted by atomic mass is 35.5. The summed E-state index contributed by atoms with van der Waals surface area (Å²) in [6.07, 6.45) is 4.76. The zero-order valence-corrected chi connectivity index (χ0v) is 11.0. The standard InChI is InChI=1S/C14H21ClO/c1-3-5-11-16-14(6-4-2)12-7-9-13(15)10-8-12/h7-10,14H,3-6,11H2,1-2H3. The fraction of sp³-hybridized carbons (Fsp3) is 0.571. The molecule has 1 rings (SSSR count). The van der Waals surface area contributed by atoms with E-state index in [9.17, 15) is 0 Å². The molecule has 0 N–H and O–H groups in total. The van der Waals surface area contributed by atoms with Crippen molar-refractivity contribution in [3.8, 4) is 0 Å². The number of ether oxygens (including phenoxy) is 1. The Balaban J connectivity index is 2.57. The summed E-state index contributed by atoms with van der Waals surface area (Å²) in [5, 5.41) is 0.785. The quantitative estimate of drug-likeness (QED) is 0.610. The maximum absolute atomic E-state index is 5.91. The fourth-order valence-electron chi connectivity index (χ4n) is 1.66. The molecule has 0 aromatic heterocycles. The first-order valence-corrected chi connectivity index (χ1v) is 6.52. The minimum absolute atomic E-state index is 0.230. The van der Waals surface area contributed by atoms with Crippen LogP contribution in [0.4, 0.5) is 0 Å². The molecule has 0 saturated carbocycles. The lowest BCUT2D eigenvalue weighted by Gasteiger charge is -2.17. The third kappa shape index (κ3) is 4.54. The number of unbranched alkanes of at least 4 members (excludes halogenated alkanes) is 1. The molecular formula is C14H21ClO. The lowest BCUT2D eigenvalue weighted by molar-refractivity contribution is 0.0442. The maximum Gasteiger partial charge on any atom is 0.0824 e. The largest absolute Gasteiger partial charge is 0.374 e. The number of benzene rings is 1. The molecule has 0 spiro atoms. The van der Waals surface area contributed by atoms with Crippen molar-refractivity contribution in [1.29, 1.82) is 0 Å². The number of hydrogen-bond acceptors (Lipinski definition) is 1. The molecule has 0 aliphatic carbocycles. The molecule has 0 radical (unpaired) electrons. The van der Waals surface area contributed by atoms with Crippen LogP contribution in [0.1, 0.15) is 51.2 Å². The van der Waals surface area contributed by atoms with E-state index in [4.69, 9.17) is 16.3 Å². The van der Waals surface area contributed by atoms with E-state index in [1.54, 1.807) is 0 Å². The molecule has 1 unspecified atom stereocenters. The predicted molar refractivity (Wildman–Crippen MR) is 70.0 cm³/mol. The van der Waals surface area contributed by atoms with Crippen molar-refractivity contribution in [2.24, 2.45) is 0 Å². The van der Waals surface area contributed by atoms with Crippen LogP contribution in [0.2, 0.25) is 5.02 Å². The van der Waals surface area contributed by atoms with Gasteiger partial charge in [-0.3, -0.25) is 0 Å². The van der Waals surface area contributed by atoms with Gasteiger partial charge in [-0.15, -0.1) is 0 Å². The smallest absolute Gasteiger partial charge is 0.0824 e. The fourth-order valence-corrected chi connectivity index (χ4v) is 1.78. The average Bonchev–Trinajstić information content (AvgIpc) is 2.29. The number of halogens is 1. The van der Waals surface area contributed by atoms with Crippen LogP contribution in [-0.2, 0) is 4.74 Å². The monoisotopic (exact) mass is 240 g/mol. The van der Waals surface area contributed by atoms with E-state index in [2.05, 4.69) is 26.0 Å². The second kappa shape index (κ2) is 7.70. The van der Waals surface area contributed by atoms with E-state index in [1.165, 1.54) is 12.0 Å². The van der Waals surface area contributed by atoms with Gasteiger partial charge in [0.1, 0.15) is 0 Å². The summed E-state index contributed by atoms with van der Waals surface area (Å²) in [4.78, 5) is 0. The Labute approximate surface area is 104 Å². The minimum atomic E-state index is 0.230. The van der Waals surface area contributed by atoms with E-state index in [0.717, 1.165) is 30.9 Å². The Hall–Kier alpha value is -0.530. The van der Waals surface area contributed by atoms with Crippen molar-refractivity contribution in [3.63, 3.8) is 0 Å². The van der Waals surface area contributed by atoms with E-state index >= 15 is 0 Å². The van der Waals surface area contributed by atoms with Gasteiger partial charge in [-0.1, -0.05) is 50.4 Å². The molecule has 0 aliphatic heterocycles. The van der Waals surface area contributed by atoms with Gasteiger partial charge in [-0.2, -0.15) is 0 Å². The topological polar surface area (TPSA) is 9.23 Å². The van der Waals surface area contributed by atoms with Crippen LogP contribution in [-0.4, -0.2) is 6.61 Å². The first-order chi connectivity index (χ1) is 7.77. The first kappa shape index (κ1) is 13.5. The van der Waals surface area contributed by atoms with Gasteiger partial charge in [0, 0.05) is 11.6 Å². The van der Waals surface area contributed by atoms with Gasteiger partial charge in [0.25, 0.3) is 0 Å². The highest BCUT2D eigenvalue weighted by Crippen LogP contribution is 2.24. The van der Waals surface area contributed by atoms with Gasteiger partial charge < -0.3 is 4.74 Å². The average molecular weight is 241 g/mol. The summed E-state index contributed by atoms with van der Waals surface area (Å²) in [6, 6.07) is 7.99. The van der Waals surface area contributed by atoms with Crippen molar-refractivity contribution in [3.05, 3.63) is 34.9 Å². The first-order valence-electron chi connectivity index (χ1n) is 6.15. The van der Waals surface area contributed by atoms with Gasteiger partial charge in [0.05, 0.1) is 6.10 Å². The zero-order chi connectivity index (χ0) is 11.8. The molecule has 1 aromatic rings. The summed E-state index contributed by atoms with van der Waals surface area (Å²) in [5.74, 6) is 0. The predicted octanol–water partition coefficient (Wildman–Crippen LogP) is 5.00. The van der Waals surface area contributed by atoms with Crippen LogP contribution in [0, 0.1) is 0 Å². The van der Waals surface area contributed by atoms with E-state index in [1.807, 2.05) is 12.1 Å². The number of rotatable bonds is 7. The van der Waals surface area contributed by atoms with Crippen molar-refractivity contribution in [2.45, 2.75) is 45.6 Å². The van der Waals surface area contributed by atoms with Crippen LogP contribution < -0.4 is 0 Å². The van der Waals surface area contributed by atoms with Gasteiger partial charge in [-0.05, 0) is 30.5 Å². The van der Waals surface area contributed by atoms with E-state index in [0.29, 0.717) is 0 Å². The summed E-state index contributed by atoms with van der Waals surface area (Å²) >= 11 is 5.88. The molecule has 0 saturated heterocycles. The van der Waals surface area contributed by atoms with E-state index in [-0.39, 0.29) is 6.10 Å². The highest BCUT2D eigenvalue weighted by molar-refractivity contribution is 6.30. The van der Waals surface area contributed by atoms with Gasteiger partial charge in [0.2, 0.25) is 0 Å². The Kier molecular flexibility index (Phi) is 6.51. The van der Waals surface area contributed by atoms with E-state index < -0.39 is 0 Å². The van der Waals surface area contributed by atoms with Crippen LogP contribution in [0.15, 0.2) is 24.3 Å². The summed E-state index contributed by atoms with van der Waals surface area (Å²) in [5.41, 5.74) is 1.24. The van der Waals surface area contributed by atoms with Crippen LogP contribution in [0.25, 0.3) is 0 Å².